The standard InChI is InChI=1S/C28H31BrN6O3/c1-17-12-18(6-7-20(17)29)32-28-33-22-14-26(25(37-3)15-23(22)34(28)2)38-19-8-9-31-21(13-19)24(16-27(30)36)35-10-4-5-11-35/h6-9,12-15,24H,4-5,10-11,16H2,1-3H3,(H2,30,36)(H,32,33). The maximum Gasteiger partial charge on any atom is 0.219 e. The smallest absolute Gasteiger partial charge is 0.219 e. The van der Waals surface area contributed by atoms with Crippen LogP contribution in [0.1, 0.15) is 36.6 Å². The fourth-order valence-corrected chi connectivity index (χ4v) is 5.11. The van der Waals surface area contributed by atoms with Crippen LogP contribution in [-0.2, 0) is 11.8 Å². The van der Waals surface area contributed by atoms with E-state index in [2.05, 4.69) is 37.2 Å². The molecule has 1 saturated heterocycles. The number of likely N-dealkylation sites (tertiary alicyclic amines) is 1. The van der Waals surface area contributed by atoms with Gasteiger partial charge in [0.2, 0.25) is 11.9 Å². The first-order valence-corrected chi connectivity index (χ1v) is 13.4. The number of primary amides is 1. The van der Waals surface area contributed by atoms with Crippen LogP contribution < -0.4 is 20.5 Å². The van der Waals surface area contributed by atoms with Crippen molar-refractivity contribution in [3.8, 4) is 17.2 Å². The van der Waals surface area contributed by atoms with Crippen molar-refractivity contribution >= 4 is 44.5 Å². The zero-order chi connectivity index (χ0) is 26.8. The molecule has 0 spiro atoms. The number of methoxy groups -OCH3 is 1. The van der Waals surface area contributed by atoms with E-state index in [1.165, 1.54) is 0 Å². The summed E-state index contributed by atoms with van der Waals surface area (Å²) in [5.41, 5.74) is 10.1. The summed E-state index contributed by atoms with van der Waals surface area (Å²) in [6.07, 6.45) is 4.12. The van der Waals surface area contributed by atoms with Gasteiger partial charge in [-0.1, -0.05) is 15.9 Å². The van der Waals surface area contributed by atoms with Gasteiger partial charge in [-0.25, -0.2) is 4.98 Å². The van der Waals surface area contributed by atoms with Gasteiger partial charge in [-0.05, 0) is 62.7 Å². The Kier molecular flexibility index (Phi) is 7.53. The molecule has 1 atom stereocenters. The van der Waals surface area contributed by atoms with E-state index >= 15 is 0 Å². The number of rotatable bonds is 9. The van der Waals surface area contributed by atoms with Crippen molar-refractivity contribution in [3.63, 3.8) is 0 Å². The quantitative estimate of drug-likeness (QED) is 0.266. The number of benzene rings is 2. The lowest BCUT2D eigenvalue weighted by Crippen LogP contribution is -2.30. The molecular weight excluding hydrogens is 548 g/mol. The van der Waals surface area contributed by atoms with Crippen LogP contribution in [0, 0.1) is 6.92 Å². The van der Waals surface area contributed by atoms with Gasteiger partial charge < -0.3 is 25.1 Å². The highest BCUT2D eigenvalue weighted by Crippen LogP contribution is 2.37. The minimum Gasteiger partial charge on any atom is -0.493 e. The van der Waals surface area contributed by atoms with E-state index < -0.39 is 0 Å². The van der Waals surface area contributed by atoms with Gasteiger partial charge in [0.25, 0.3) is 0 Å². The van der Waals surface area contributed by atoms with Gasteiger partial charge >= 0.3 is 0 Å². The predicted octanol–water partition coefficient (Wildman–Crippen LogP) is 5.60. The number of nitrogens with one attached hydrogen (secondary N) is 1. The number of carbonyl (C=O) groups excluding carboxylic acids is 1. The normalized spacial score (nSPS) is 14.5. The van der Waals surface area contributed by atoms with Crippen LogP contribution in [-0.4, -0.2) is 45.5 Å². The Labute approximate surface area is 230 Å². The highest BCUT2D eigenvalue weighted by molar-refractivity contribution is 9.10. The molecule has 10 heteroatoms. The number of fused-ring (bicyclic) bond motifs is 1. The van der Waals surface area contributed by atoms with Crippen LogP contribution in [0.25, 0.3) is 11.0 Å². The summed E-state index contributed by atoms with van der Waals surface area (Å²) in [5.74, 6) is 2.07. The number of pyridine rings is 1. The molecule has 5 rings (SSSR count). The second-order valence-electron chi connectivity index (χ2n) is 9.52. The molecule has 198 valence electrons. The zero-order valence-corrected chi connectivity index (χ0v) is 23.3. The molecule has 2 aromatic carbocycles. The SMILES string of the molecule is COc1cc2c(cc1Oc1ccnc(C(CC(N)=O)N3CCCC3)c1)nc(Nc1ccc(Br)c(C)c1)n2C. The van der Waals surface area contributed by atoms with Crippen LogP contribution >= 0.6 is 15.9 Å². The Morgan fingerprint density at radius 2 is 1.95 bits per heavy atom. The van der Waals surface area contributed by atoms with Crippen LogP contribution in [0.5, 0.6) is 17.2 Å². The van der Waals surface area contributed by atoms with Crippen LogP contribution in [0.3, 0.4) is 0 Å². The molecule has 3 heterocycles. The van der Waals surface area contributed by atoms with E-state index in [0.717, 1.165) is 58.4 Å². The van der Waals surface area contributed by atoms with Crippen LogP contribution in [0.2, 0.25) is 0 Å². The van der Waals surface area contributed by atoms with E-state index in [-0.39, 0.29) is 18.4 Å². The first-order valence-electron chi connectivity index (χ1n) is 12.6. The Hall–Kier alpha value is -3.63. The van der Waals surface area contributed by atoms with Crippen LogP contribution in [0.4, 0.5) is 11.6 Å². The van der Waals surface area contributed by atoms with Gasteiger partial charge in [-0.2, -0.15) is 0 Å². The molecule has 4 aromatic rings. The fourth-order valence-electron chi connectivity index (χ4n) is 4.87. The zero-order valence-electron chi connectivity index (χ0n) is 21.7. The Balaban J connectivity index is 1.44. The molecule has 1 unspecified atom stereocenters. The first kappa shape index (κ1) is 26.0. The number of ether oxygens (including phenoxy) is 2. The van der Waals surface area contributed by atoms with Crippen molar-refractivity contribution in [1.82, 2.24) is 19.4 Å². The van der Waals surface area contributed by atoms with Gasteiger partial charge in [-0.3, -0.25) is 14.7 Å². The second-order valence-corrected chi connectivity index (χ2v) is 10.4. The van der Waals surface area contributed by atoms with E-state index in [9.17, 15) is 4.79 Å². The number of nitrogens with two attached hydrogens (primary N) is 1. The third kappa shape index (κ3) is 5.46. The Bertz CT molecular complexity index is 1480. The summed E-state index contributed by atoms with van der Waals surface area (Å²) in [5, 5.41) is 3.40. The highest BCUT2D eigenvalue weighted by atomic mass is 79.9. The molecule has 38 heavy (non-hydrogen) atoms. The number of carbonyl (C=O) groups is 1. The summed E-state index contributed by atoms with van der Waals surface area (Å²) >= 11 is 3.54. The maximum atomic E-state index is 11.8. The topological polar surface area (TPSA) is 108 Å². The van der Waals surface area contributed by atoms with Crippen molar-refractivity contribution in [2.24, 2.45) is 12.8 Å². The summed E-state index contributed by atoms with van der Waals surface area (Å²) in [6.45, 7) is 3.89. The van der Waals surface area contributed by atoms with E-state index in [4.69, 9.17) is 20.2 Å². The molecular formula is C28H31BrN6O3. The van der Waals surface area contributed by atoms with Gasteiger partial charge in [0.1, 0.15) is 5.75 Å². The first-order chi connectivity index (χ1) is 18.3. The number of amides is 1. The van der Waals surface area contributed by atoms with E-state index in [0.29, 0.717) is 23.2 Å². The molecule has 9 nitrogen and oxygen atoms in total. The van der Waals surface area contributed by atoms with Gasteiger partial charge in [-0.15, -0.1) is 0 Å². The number of imidazole rings is 1. The highest BCUT2D eigenvalue weighted by Gasteiger charge is 2.26. The monoisotopic (exact) mass is 578 g/mol. The third-order valence-electron chi connectivity index (χ3n) is 6.88. The van der Waals surface area contributed by atoms with Crippen molar-refractivity contribution in [2.45, 2.75) is 32.2 Å². The molecule has 1 amide bonds. The van der Waals surface area contributed by atoms with Crippen molar-refractivity contribution in [3.05, 3.63) is 64.4 Å². The average Bonchev–Trinajstić information content (AvgIpc) is 3.53. The second kappa shape index (κ2) is 11.0. The molecule has 0 saturated carbocycles. The summed E-state index contributed by atoms with van der Waals surface area (Å²) < 4.78 is 15.0. The van der Waals surface area contributed by atoms with Crippen molar-refractivity contribution in [1.29, 1.82) is 0 Å². The molecule has 0 radical (unpaired) electrons. The third-order valence-corrected chi connectivity index (χ3v) is 7.77. The van der Waals surface area contributed by atoms with Crippen LogP contribution in [0.15, 0.2) is 53.1 Å². The molecule has 1 aliphatic rings. The number of hydrogen-bond acceptors (Lipinski definition) is 7. The van der Waals surface area contributed by atoms with Gasteiger partial charge in [0.05, 0.1) is 29.9 Å². The minimum atomic E-state index is -0.347. The average molecular weight is 579 g/mol. The lowest BCUT2D eigenvalue weighted by molar-refractivity contribution is -0.119. The minimum absolute atomic E-state index is 0.172. The molecule has 1 aliphatic heterocycles. The number of anilines is 2. The lowest BCUT2D eigenvalue weighted by atomic mass is 10.1. The number of halogens is 1. The van der Waals surface area contributed by atoms with E-state index in [1.807, 2.05) is 48.9 Å². The van der Waals surface area contributed by atoms with Crippen molar-refractivity contribution in [2.75, 3.05) is 25.5 Å². The number of aromatic nitrogens is 3. The summed E-state index contributed by atoms with van der Waals surface area (Å²) in [6, 6.07) is 13.3. The predicted molar refractivity (Wildman–Crippen MR) is 151 cm³/mol. The molecule has 0 bridgehead atoms. The number of aryl methyl sites for hydroxylation is 2. The lowest BCUT2D eigenvalue weighted by Gasteiger charge is -2.26. The Morgan fingerprint density at radius 1 is 1.16 bits per heavy atom. The molecule has 1 fully saturated rings. The van der Waals surface area contributed by atoms with Crippen molar-refractivity contribution < 1.29 is 14.3 Å². The number of nitrogens with zero attached hydrogens (tertiary/aromatic N) is 4. The largest absolute Gasteiger partial charge is 0.493 e. The number of hydrogen-bond donors (Lipinski definition) is 2. The summed E-state index contributed by atoms with van der Waals surface area (Å²) in [4.78, 5) is 23.4. The fraction of sp³-hybridized carbons (Fsp3) is 0.321. The maximum absolute atomic E-state index is 11.8. The van der Waals surface area contributed by atoms with Gasteiger partial charge in [0.15, 0.2) is 11.5 Å². The van der Waals surface area contributed by atoms with Gasteiger partial charge in [0, 0.05) is 48.0 Å². The molecule has 2 aromatic heterocycles. The molecule has 0 aliphatic carbocycles. The Morgan fingerprint density at radius 3 is 2.66 bits per heavy atom. The summed E-state index contributed by atoms with van der Waals surface area (Å²) in [7, 11) is 3.57. The molecule has 3 N–H and O–H groups in total. The van der Waals surface area contributed by atoms with E-state index in [1.54, 1.807) is 19.4 Å².